The van der Waals surface area contributed by atoms with Crippen molar-refractivity contribution >= 4 is 45.3 Å². The third kappa shape index (κ3) is 5.61. The van der Waals surface area contributed by atoms with E-state index in [0.717, 1.165) is 6.07 Å². The second kappa shape index (κ2) is 8.95. The maximum atomic E-state index is 13.2. The lowest BCUT2D eigenvalue weighted by Gasteiger charge is -2.15. The number of primary amides is 1. The number of hydrogen-bond donors (Lipinski definition) is 1. The minimum absolute atomic E-state index is 0.0690. The van der Waals surface area contributed by atoms with Crippen molar-refractivity contribution in [3.63, 3.8) is 0 Å². The van der Waals surface area contributed by atoms with Gasteiger partial charge in [-0.25, -0.2) is 0 Å². The SMILES string of the molecule is N#Cc1ccc(Oc2ccc(/C=C(/C=O)SC(N)=O)cc2Br)c(C(F)(F)F)c1. The Morgan fingerprint density at radius 1 is 1.21 bits per heavy atom. The Morgan fingerprint density at radius 3 is 2.43 bits per heavy atom. The number of alkyl halides is 3. The van der Waals surface area contributed by atoms with Gasteiger partial charge < -0.3 is 10.5 Å². The van der Waals surface area contributed by atoms with E-state index in [1.807, 2.05) is 0 Å². The first-order chi connectivity index (χ1) is 13.1. The highest BCUT2D eigenvalue weighted by Gasteiger charge is 2.35. The number of nitrogens with zero attached hydrogens (tertiary/aromatic N) is 1. The lowest BCUT2D eigenvalue weighted by Crippen LogP contribution is -2.07. The topological polar surface area (TPSA) is 93.2 Å². The molecule has 28 heavy (non-hydrogen) atoms. The molecule has 0 fully saturated rings. The van der Waals surface area contributed by atoms with Crippen LogP contribution in [0.2, 0.25) is 0 Å². The minimum Gasteiger partial charge on any atom is -0.456 e. The molecule has 0 radical (unpaired) electrons. The average Bonchev–Trinajstić information content (AvgIpc) is 2.62. The van der Waals surface area contributed by atoms with Crippen molar-refractivity contribution in [3.8, 4) is 17.6 Å². The average molecular weight is 471 g/mol. The summed E-state index contributed by atoms with van der Waals surface area (Å²) < 4.78 is 45.4. The molecule has 0 aliphatic heterocycles. The van der Waals surface area contributed by atoms with E-state index in [-0.39, 0.29) is 16.2 Å². The first-order valence-electron chi connectivity index (χ1n) is 7.37. The highest BCUT2D eigenvalue weighted by atomic mass is 79.9. The van der Waals surface area contributed by atoms with Crippen LogP contribution in [0.5, 0.6) is 11.5 Å². The monoisotopic (exact) mass is 470 g/mol. The van der Waals surface area contributed by atoms with Gasteiger partial charge in [-0.05, 0) is 69.7 Å². The number of aldehydes is 1. The van der Waals surface area contributed by atoms with Gasteiger partial charge in [0, 0.05) is 0 Å². The van der Waals surface area contributed by atoms with Gasteiger partial charge in [0.2, 0.25) is 0 Å². The van der Waals surface area contributed by atoms with Crippen molar-refractivity contribution < 1.29 is 27.5 Å². The number of carbonyl (C=O) groups is 2. The van der Waals surface area contributed by atoms with Gasteiger partial charge in [-0.3, -0.25) is 9.59 Å². The van der Waals surface area contributed by atoms with E-state index < -0.39 is 22.7 Å². The van der Waals surface area contributed by atoms with E-state index in [2.05, 4.69) is 15.9 Å². The molecule has 0 heterocycles. The Morgan fingerprint density at radius 2 is 1.89 bits per heavy atom. The third-order valence-corrected chi connectivity index (χ3v) is 4.50. The summed E-state index contributed by atoms with van der Waals surface area (Å²) in [5.74, 6) is -0.379. The van der Waals surface area contributed by atoms with Crippen molar-refractivity contribution in [1.29, 1.82) is 5.26 Å². The summed E-state index contributed by atoms with van der Waals surface area (Å²) in [7, 11) is 0. The van der Waals surface area contributed by atoms with Gasteiger partial charge in [-0.15, -0.1) is 0 Å². The van der Waals surface area contributed by atoms with Crippen LogP contribution in [0.4, 0.5) is 18.0 Å². The van der Waals surface area contributed by atoms with Crippen LogP contribution in [0.15, 0.2) is 45.8 Å². The molecular weight excluding hydrogens is 461 g/mol. The predicted molar refractivity (Wildman–Crippen MR) is 102 cm³/mol. The number of rotatable bonds is 5. The maximum Gasteiger partial charge on any atom is 0.420 e. The molecule has 0 atom stereocenters. The number of halogens is 4. The zero-order valence-electron chi connectivity index (χ0n) is 13.8. The van der Waals surface area contributed by atoms with E-state index in [0.29, 0.717) is 34.2 Å². The third-order valence-electron chi connectivity index (χ3n) is 3.23. The van der Waals surface area contributed by atoms with Gasteiger partial charge in [0.15, 0.2) is 6.29 Å². The molecule has 2 aromatic rings. The second-order valence-electron chi connectivity index (χ2n) is 5.20. The predicted octanol–water partition coefficient (Wildman–Crippen LogP) is 5.48. The van der Waals surface area contributed by atoms with Crippen LogP contribution in [0.25, 0.3) is 6.08 Å². The smallest absolute Gasteiger partial charge is 0.420 e. The van der Waals surface area contributed by atoms with Crippen LogP contribution in [0.3, 0.4) is 0 Å². The van der Waals surface area contributed by atoms with Crippen LogP contribution in [0.1, 0.15) is 16.7 Å². The van der Waals surface area contributed by atoms with Gasteiger partial charge in [-0.2, -0.15) is 18.4 Å². The molecule has 0 saturated heterocycles. The Kier molecular flexibility index (Phi) is 6.88. The van der Waals surface area contributed by atoms with Gasteiger partial charge >= 0.3 is 6.18 Å². The Labute approximate surface area is 170 Å². The Balaban J connectivity index is 2.37. The Hall–Kier alpha value is -2.77. The van der Waals surface area contributed by atoms with Gasteiger partial charge in [0.25, 0.3) is 5.24 Å². The first kappa shape index (κ1) is 21.5. The van der Waals surface area contributed by atoms with Crippen LogP contribution in [-0.2, 0) is 11.0 Å². The summed E-state index contributed by atoms with van der Waals surface area (Å²) in [5.41, 5.74) is 4.28. The number of benzene rings is 2. The minimum atomic E-state index is -4.71. The molecule has 0 bridgehead atoms. The van der Waals surface area contributed by atoms with E-state index in [1.54, 1.807) is 6.07 Å². The van der Waals surface area contributed by atoms with Crippen molar-refractivity contribution in [2.45, 2.75) is 6.18 Å². The van der Waals surface area contributed by atoms with Crippen LogP contribution in [-0.4, -0.2) is 11.5 Å². The molecule has 0 aliphatic rings. The zero-order chi connectivity index (χ0) is 20.9. The van der Waals surface area contributed by atoms with Crippen LogP contribution < -0.4 is 10.5 Å². The number of nitriles is 1. The number of carbonyl (C=O) groups excluding carboxylic acids is 2. The maximum absolute atomic E-state index is 13.2. The summed E-state index contributed by atoms with van der Waals surface area (Å²) >= 11 is 3.75. The fourth-order valence-electron chi connectivity index (χ4n) is 2.09. The molecule has 0 unspecified atom stereocenters. The fraction of sp³-hybridized carbons (Fsp3) is 0.0556. The summed E-state index contributed by atoms with van der Waals surface area (Å²) in [6.45, 7) is 0. The molecule has 0 aromatic heterocycles. The number of amides is 1. The van der Waals surface area contributed by atoms with E-state index in [4.69, 9.17) is 15.7 Å². The number of hydrogen-bond acceptors (Lipinski definition) is 5. The standard InChI is InChI=1S/C18H10BrF3N2O3S/c19-14-7-10(5-12(9-25)28-17(24)26)1-4-16(14)27-15-3-2-11(8-23)6-13(15)18(20,21)22/h1-7,9H,(H2,24,26)/b12-5-. The van der Waals surface area contributed by atoms with Crippen molar-refractivity contribution in [2.24, 2.45) is 5.73 Å². The Bertz CT molecular complexity index is 1000. The van der Waals surface area contributed by atoms with E-state index in [9.17, 15) is 22.8 Å². The van der Waals surface area contributed by atoms with Crippen molar-refractivity contribution in [3.05, 3.63) is 62.5 Å². The van der Waals surface area contributed by atoms with Gasteiger partial charge in [0.05, 0.1) is 26.6 Å². The molecular formula is C18H10BrF3N2O3S. The number of allylic oxidation sites excluding steroid dienone is 1. The van der Waals surface area contributed by atoms with Crippen molar-refractivity contribution in [2.75, 3.05) is 0 Å². The summed E-state index contributed by atoms with van der Waals surface area (Å²) in [6, 6.07) is 9.02. The zero-order valence-corrected chi connectivity index (χ0v) is 16.2. The normalized spacial score (nSPS) is 11.6. The van der Waals surface area contributed by atoms with E-state index in [1.165, 1.54) is 30.3 Å². The highest BCUT2D eigenvalue weighted by molar-refractivity contribution is 9.10. The van der Waals surface area contributed by atoms with Crippen LogP contribution in [0, 0.1) is 11.3 Å². The number of nitrogens with two attached hydrogens (primary N) is 1. The summed E-state index contributed by atoms with van der Waals surface area (Å²) in [4.78, 5) is 21.9. The molecule has 2 N–H and O–H groups in total. The number of ether oxygens (including phenoxy) is 1. The van der Waals surface area contributed by atoms with Crippen LogP contribution >= 0.6 is 27.7 Å². The van der Waals surface area contributed by atoms with Gasteiger partial charge in [0.1, 0.15) is 11.5 Å². The van der Waals surface area contributed by atoms with E-state index >= 15 is 0 Å². The molecule has 2 aromatic carbocycles. The second-order valence-corrected chi connectivity index (χ2v) is 7.13. The lowest BCUT2D eigenvalue weighted by atomic mass is 10.1. The number of thioether (sulfide) groups is 1. The van der Waals surface area contributed by atoms with Gasteiger partial charge in [-0.1, -0.05) is 6.07 Å². The first-order valence-corrected chi connectivity index (χ1v) is 8.98. The molecule has 1 amide bonds. The molecule has 144 valence electrons. The quantitative estimate of drug-likeness (QED) is 0.460. The highest BCUT2D eigenvalue weighted by Crippen LogP contribution is 2.40. The fourth-order valence-corrected chi connectivity index (χ4v) is 3.04. The molecule has 0 aliphatic carbocycles. The molecule has 5 nitrogen and oxygen atoms in total. The summed E-state index contributed by atoms with van der Waals surface area (Å²) in [5, 5.41) is 8.05. The molecule has 0 spiro atoms. The molecule has 10 heteroatoms. The summed E-state index contributed by atoms with van der Waals surface area (Å²) in [6.07, 6.45) is -2.86. The lowest BCUT2D eigenvalue weighted by molar-refractivity contribution is -0.138. The molecule has 2 rings (SSSR count). The van der Waals surface area contributed by atoms with Crippen molar-refractivity contribution in [1.82, 2.24) is 0 Å². The molecule has 0 saturated carbocycles. The largest absolute Gasteiger partial charge is 0.456 e.